The average Bonchev–Trinajstić information content (AvgIpc) is 2.26. The average molecular weight is 206 g/mol. The van der Waals surface area contributed by atoms with E-state index >= 15 is 0 Å². The number of nitrogens with one attached hydrogen (secondary N) is 1. The third-order valence-electron chi connectivity index (χ3n) is 3.20. The summed E-state index contributed by atoms with van der Waals surface area (Å²) < 4.78 is 0. The molecule has 15 heavy (non-hydrogen) atoms. The Balaban J connectivity index is 2.62. The summed E-state index contributed by atoms with van der Waals surface area (Å²) in [6, 6.07) is 10.8. The molecule has 0 heterocycles. The van der Waals surface area contributed by atoms with Crippen LogP contribution in [0.5, 0.6) is 0 Å². The van der Waals surface area contributed by atoms with E-state index in [0.717, 1.165) is 6.42 Å². The second-order valence-electron chi connectivity index (χ2n) is 4.57. The maximum absolute atomic E-state index is 5.61. The van der Waals surface area contributed by atoms with E-state index in [1.165, 1.54) is 5.56 Å². The zero-order valence-corrected chi connectivity index (χ0v) is 9.90. The molecule has 0 fully saturated rings. The van der Waals surface area contributed by atoms with E-state index in [4.69, 9.17) is 5.84 Å². The molecule has 1 aromatic rings. The van der Waals surface area contributed by atoms with Crippen molar-refractivity contribution in [2.75, 3.05) is 0 Å². The first-order valence-corrected chi connectivity index (χ1v) is 5.65. The van der Waals surface area contributed by atoms with Crippen LogP contribution in [0.15, 0.2) is 30.3 Å². The molecular formula is C13H22N2. The number of hydrazine groups is 1. The van der Waals surface area contributed by atoms with Gasteiger partial charge in [0.15, 0.2) is 0 Å². The lowest BCUT2D eigenvalue weighted by Crippen LogP contribution is -2.43. The van der Waals surface area contributed by atoms with Gasteiger partial charge in [-0.25, -0.2) is 0 Å². The Morgan fingerprint density at radius 2 is 1.73 bits per heavy atom. The van der Waals surface area contributed by atoms with Crippen LogP contribution in [0.2, 0.25) is 0 Å². The number of hydrogen-bond donors (Lipinski definition) is 2. The smallest absolute Gasteiger partial charge is 0.0278 e. The largest absolute Gasteiger partial charge is 0.271 e. The third-order valence-corrected chi connectivity index (χ3v) is 3.20. The van der Waals surface area contributed by atoms with Crippen LogP contribution in [0.25, 0.3) is 0 Å². The van der Waals surface area contributed by atoms with Crippen molar-refractivity contribution in [3.63, 3.8) is 0 Å². The summed E-state index contributed by atoms with van der Waals surface area (Å²) in [5.74, 6) is 6.84. The third kappa shape index (κ3) is 3.65. The molecule has 2 unspecified atom stereocenters. The summed E-state index contributed by atoms with van der Waals surface area (Å²) in [6.45, 7) is 6.72. The number of benzene rings is 1. The molecule has 0 saturated heterocycles. The maximum Gasteiger partial charge on any atom is 0.0278 e. The molecule has 1 aromatic carbocycles. The standard InChI is InChI=1S/C13H22N2/c1-10(2)11(3)13(15-14)9-12-7-5-4-6-8-12/h4-8,10-11,13,15H,9,14H2,1-3H3. The van der Waals surface area contributed by atoms with Gasteiger partial charge in [0, 0.05) is 6.04 Å². The van der Waals surface area contributed by atoms with Crippen molar-refractivity contribution in [3.8, 4) is 0 Å². The van der Waals surface area contributed by atoms with Gasteiger partial charge in [-0.15, -0.1) is 0 Å². The highest BCUT2D eigenvalue weighted by Crippen LogP contribution is 2.17. The predicted molar refractivity (Wildman–Crippen MR) is 65.3 cm³/mol. The zero-order valence-electron chi connectivity index (χ0n) is 9.90. The fourth-order valence-corrected chi connectivity index (χ4v) is 1.73. The highest BCUT2D eigenvalue weighted by molar-refractivity contribution is 5.16. The van der Waals surface area contributed by atoms with Gasteiger partial charge in [-0.1, -0.05) is 51.1 Å². The lowest BCUT2D eigenvalue weighted by atomic mass is 9.87. The molecule has 2 nitrogen and oxygen atoms in total. The molecule has 0 aliphatic heterocycles. The minimum absolute atomic E-state index is 0.354. The molecule has 2 heteroatoms. The molecule has 84 valence electrons. The molecular weight excluding hydrogens is 184 g/mol. The van der Waals surface area contributed by atoms with Crippen LogP contribution in [0.4, 0.5) is 0 Å². The summed E-state index contributed by atoms with van der Waals surface area (Å²) >= 11 is 0. The Hall–Kier alpha value is -0.860. The first-order valence-electron chi connectivity index (χ1n) is 5.65. The summed E-state index contributed by atoms with van der Waals surface area (Å²) in [4.78, 5) is 0. The Bertz CT molecular complexity index is 269. The van der Waals surface area contributed by atoms with Crippen molar-refractivity contribution in [1.82, 2.24) is 5.43 Å². The lowest BCUT2D eigenvalue weighted by Gasteiger charge is -2.26. The normalized spacial score (nSPS) is 15.3. The Labute approximate surface area is 92.8 Å². The molecule has 0 saturated carbocycles. The summed E-state index contributed by atoms with van der Waals surface area (Å²) in [6.07, 6.45) is 0.997. The van der Waals surface area contributed by atoms with Crippen molar-refractivity contribution in [1.29, 1.82) is 0 Å². The number of hydrogen-bond acceptors (Lipinski definition) is 2. The summed E-state index contributed by atoms with van der Waals surface area (Å²) in [5, 5.41) is 0. The van der Waals surface area contributed by atoms with Gasteiger partial charge in [0.25, 0.3) is 0 Å². The fraction of sp³-hybridized carbons (Fsp3) is 0.538. The van der Waals surface area contributed by atoms with E-state index in [0.29, 0.717) is 17.9 Å². The second kappa shape index (κ2) is 5.89. The van der Waals surface area contributed by atoms with Crippen LogP contribution in [-0.2, 0) is 6.42 Å². The Kier molecular flexibility index (Phi) is 4.79. The molecule has 0 aliphatic carbocycles. The van der Waals surface area contributed by atoms with Crippen LogP contribution in [0, 0.1) is 11.8 Å². The van der Waals surface area contributed by atoms with E-state index in [-0.39, 0.29) is 0 Å². The highest BCUT2D eigenvalue weighted by Gasteiger charge is 2.18. The van der Waals surface area contributed by atoms with E-state index in [1.54, 1.807) is 0 Å². The highest BCUT2D eigenvalue weighted by atomic mass is 15.2. The van der Waals surface area contributed by atoms with Gasteiger partial charge in [0.1, 0.15) is 0 Å². The SMILES string of the molecule is CC(C)C(C)C(Cc1ccccc1)NN. The Morgan fingerprint density at radius 1 is 1.13 bits per heavy atom. The van der Waals surface area contributed by atoms with Gasteiger partial charge in [-0.2, -0.15) is 0 Å². The van der Waals surface area contributed by atoms with Crippen LogP contribution in [-0.4, -0.2) is 6.04 Å². The van der Waals surface area contributed by atoms with E-state index in [9.17, 15) is 0 Å². The van der Waals surface area contributed by atoms with Gasteiger partial charge in [0.2, 0.25) is 0 Å². The topological polar surface area (TPSA) is 38.0 Å². The molecule has 1 rings (SSSR count). The molecule has 0 aliphatic rings. The van der Waals surface area contributed by atoms with Gasteiger partial charge >= 0.3 is 0 Å². The molecule has 3 N–H and O–H groups in total. The van der Waals surface area contributed by atoms with E-state index in [2.05, 4.69) is 50.5 Å². The van der Waals surface area contributed by atoms with Crippen molar-refractivity contribution in [2.45, 2.75) is 33.2 Å². The van der Waals surface area contributed by atoms with Crippen molar-refractivity contribution < 1.29 is 0 Å². The molecule has 0 spiro atoms. The molecule has 0 bridgehead atoms. The fourth-order valence-electron chi connectivity index (χ4n) is 1.73. The molecule has 0 aromatic heterocycles. The predicted octanol–water partition coefficient (Wildman–Crippen LogP) is 2.35. The maximum atomic E-state index is 5.61. The first kappa shape index (κ1) is 12.2. The van der Waals surface area contributed by atoms with E-state index in [1.807, 2.05) is 6.07 Å². The molecule has 0 amide bonds. The van der Waals surface area contributed by atoms with Crippen LogP contribution in [0.1, 0.15) is 26.3 Å². The first-order chi connectivity index (χ1) is 7.15. The van der Waals surface area contributed by atoms with Crippen molar-refractivity contribution in [2.24, 2.45) is 17.7 Å². The van der Waals surface area contributed by atoms with Crippen LogP contribution >= 0.6 is 0 Å². The number of nitrogens with two attached hydrogens (primary N) is 1. The van der Waals surface area contributed by atoms with Crippen LogP contribution < -0.4 is 11.3 Å². The quantitative estimate of drug-likeness (QED) is 0.573. The van der Waals surface area contributed by atoms with Gasteiger partial charge in [-0.05, 0) is 23.8 Å². The Morgan fingerprint density at radius 3 is 2.20 bits per heavy atom. The minimum Gasteiger partial charge on any atom is -0.271 e. The van der Waals surface area contributed by atoms with Crippen molar-refractivity contribution in [3.05, 3.63) is 35.9 Å². The minimum atomic E-state index is 0.354. The molecule has 0 radical (unpaired) electrons. The number of rotatable bonds is 5. The van der Waals surface area contributed by atoms with Gasteiger partial charge in [0.05, 0.1) is 0 Å². The summed E-state index contributed by atoms with van der Waals surface area (Å²) in [5.41, 5.74) is 4.27. The van der Waals surface area contributed by atoms with Gasteiger partial charge < -0.3 is 0 Å². The van der Waals surface area contributed by atoms with Crippen LogP contribution in [0.3, 0.4) is 0 Å². The lowest BCUT2D eigenvalue weighted by molar-refractivity contribution is 0.299. The van der Waals surface area contributed by atoms with Gasteiger partial charge in [-0.3, -0.25) is 11.3 Å². The zero-order chi connectivity index (χ0) is 11.3. The monoisotopic (exact) mass is 206 g/mol. The second-order valence-corrected chi connectivity index (χ2v) is 4.57. The summed E-state index contributed by atoms with van der Waals surface area (Å²) in [7, 11) is 0. The van der Waals surface area contributed by atoms with E-state index < -0.39 is 0 Å². The molecule has 2 atom stereocenters. The van der Waals surface area contributed by atoms with Crippen molar-refractivity contribution >= 4 is 0 Å².